The van der Waals surface area contributed by atoms with Gasteiger partial charge in [0.15, 0.2) is 0 Å². The Morgan fingerprint density at radius 1 is 1.16 bits per heavy atom. The molecule has 0 fully saturated rings. The monoisotopic (exact) mass is 455 g/mol. The van der Waals surface area contributed by atoms with Crippen molar-refractivity contribution in [1.82, 2.24) is 13.9 Å². The Morgan fingerprint density at radius 3 is 2.44 bits per heavy atom. The summed E-state index contributed by atoms with van der Waals surface area (Å²) in [5.41, 5.74) is 3.49. The molecule has 3 aromatic rings. The predicted octanol–water partition coefficient (Wildman–Crippen LogP) is 4.19. The van der Waals surface area contributed by atoms with Gasteiger partial charge in [-0.25, -0.2) is 22.5 Å². The summed E-state index contributed by atoms with van der Waals surface area (Å²) in [5, 5.41) is 0. The maximum absolute atomic E-state index is 12.4. The first-order valence-electron chi connectivity index (χ1n) is 10.5. The van der Waals surface area contributed by atoms with Crippen LogP contribution in [-0.2, 0) is 32.7 Å². The zero-order valence-electron chi connectivity index (χ0n) is 19.1. The van der Waals surface area contributed by atoms with Crippen molar-refractivity contribution in [3.63, 3.8) is 0 Å². The van der Waals surface area contributed by atoms with Crippen molar-refractivity contribution in [3.05, 3.63) is 65.5 Å². The highest BCUT2D eigenvalue weighted by Crippen LogP contribution is 2.22. The van der Waals surface area contributed by atoms with Gasteiger partial charge in [-0.15, -0.1) is 0 Å². The van der Waals surface area contributed by atoms with Gasteiger partial charge in [0, 0.05) is 26.7 Å². The van der Waals surface area contributed by atoms with Gasteiger partial charge in [-0.1, -0.05) is 38.1 Å². The molecule has 32 heavy (non-hydrogen) atoms. The first-order valence-corrected chi connectivity index (χ1v) is 11.9. The average Bonchev–Trinajstić information content (AvgIpc) is 3.13. The van der Waals surface area contributed by atoms with E-state index in [9.17, 15) is 13.2 Å². The summed E-state index contributed by atoms with van der Waals surface area (Å²) in [5.74, 6) is 0.545. The number of carbonyl (C=O) groups excluding carboxylic acids is 1. The van der Waals surface area contributed by atoms with E-state index in [0.29, 0.717) is 23.8 Å². The summed E-state index contributed by atoms with van der Waals surface area (Å²) >= 11 is 0. The van der Waals surface area contributed by atoms with Crippen LogP contribution in [0.1, 0.15) is 43.6 Å². The molecule has 0 saturated heterocycles. The Kier molecular flexibility index (Phi) is 7.16. The highest BCUT2D eigenvalue weighted by Gasteiger charge is 2.19. The summed E-state index contributed by atoms with van der Waals surface area (Å²) in [6, 6.07) is 12.9. The van der Waals surface area contributed by atoms with Gasteiger partial charge in [-0.05, 0) is 48.2 Å². The van der Waals surface area contributed by atoms with Crippen LogP contribution >= 0.6 is 0 Å². The molecule has 0 aliphatic heterocycles. The number of nitrogens with zero attached hydrogens (tertiary/aromatic N) is 3. The maximum atomic E-state index is 12.4. The molecule has 3 rings (SSSR count). The largest absolute Gasteiger partial charge is 0.454 e. The van der Waals surface area contributed by atoms with Gasteiger partial charge in [0.05, 0.1) is 15.9 Å². The van der Waals surface area contributed by atoms with E-state index < -0.39 is 16.0 Å². The quantitative estimate of drug-likeness (QED) is 0.376. The molecule has 0 bridgehead atoms. The fraction of sp³-hybridized carbons (Fsp3) is 0.333. The van der Waals surface area contributed by atoms with Crippen molar-refractivity contribution in [2.45, 2.75) is 44.7 Å². The van der Waals surface area contributed by atoms with E-state index in [1.165, 1.54) is 25.7 Å². The molecule has 0 unspecified atom stereocenters. The highest BCUT2D eigenvalue weighted by molar-refractivity contribution is 7.89. The molecule has 0 radical (unpaired) electrons. The van der Waals surface area contributed by atoms with Crippen LogP contribution in [0.3, 0.4) is 0 Å². The molecule has 0 aliphatic rings. The van der Waals surface area contributed by atoms with E-state index >= 15 is 0 Å². The number of fused-ring (bicyclic) bond motifs is 1. The third kappa shape index (κ3) is 5.08. The van der Waals surface area contributed by atoms with Crippen molar-refractivity contribution in [3.8, 4) is 0 Å². The molecule has 170 valence electrons. The number of esters is 1. The van der Waals surface area contributed by atoms with Crippen molar-refractivity contribution in [2.75, 3.05) is 14.1 Å². The van der Waals surface area contributed by atoms with Crippen LogP contribution in [0.5, 0.6) is 0 Å². The number of benzene rings is 2. The smallest absolute Gasteiger partial charge is 0.331 e. The fourth-order valence-corrected chi connectivity index (χ4v) is 4.26. The van der Waals surface area contributed by atoms with Gasteiger partial charge < -0.3 is 9.30 Å². The summed E-state index contributed by atoms with van der Waals surface area (Å²) < 4.78 is 33.3. The lowest BCUT2D eigenvalue weighted by Gasteiger charge is -2.11. The van der Waals surface area contributed by atoms with Crippen molar-refractivity contribution in [1.29, 1.82) is 0 Å². The van der Waals surface area contributed by atoms with E-state index in [2.05, 4.69) is 18.8 Å². The van der Waals surface area contributed by atoms with Crippen molar-refractivity contribution in [2.24, 2.45) is 0 Å². The van der Waals surface area contributed by atoms with E-state index in [1.807, 2.05) is 35.8 Å². The Bertz CT molecular complexity index is 1240. The molecule has 0 atom stereocenters. The van der Waals surface area contributed by atoms with Gasteiger partial charge >= 0.3 is 5.97 Å². The molecule has 1 heterocycles. The third-order valence-electron chi connectivity index (χ3n) is 5.25. The second kappa shape index (κ2) is 9.67. The van der Waals surface area contributed by atoms with Crippen LogP contribution in [0, 0.1) is 0 Å². The first kappa shape index (κ1) is 23.7. The number of hydrogen-bond acceptors (Lipinski definition) is 5. The molecule has 0 spiro atoms. The average molecular weight is 456 g/mol. The molecule has 0 N–H and O–H groups in total. The molecule has 2 aromatic carbocycles. The molecule has 0 amide bonds. The Labute approximate surface area is 189 Å². The van der Waals surface area contributed by atoms with Crippen LogP contribution in [0.15, 0.2) is 53.4 Å². The van der Waals surface area contributed by atoms with Crippen LogP contribution in [0.25, 0.3) is 17.1 Å². The maximum Gasteiger partial charge on any atom is 0.331 e. The number of rotatable bonds is 8. The topological polar surface area (TPSA) is 81.5 Å². The number of hydrogen-bond donors (Lipinski definition) is 0. The van der Waals surface area contributed by atoms with Gasteiger partial charge in [-0.3, -0.25) is 0 Å². The minimum absolute atomic E-state index is 0.00621. The molecule has 1 aromatic heterocycles. The summed E-state index contributed by atoms with van der Waals surface area (Å²) in [6.45, 7) is 6.83. The summed E-state index contributed by atoms with van der Waals surface area (Å²) in [6.07, 6.45) is 3.11. The molecule has 0 aliphatic carbocycles. The van der Waals surface area contributed by atoms with Crippen LogP contribution in [-0.4, -0.2) is 42.3 Å². The number of carbonyl (C=O) groups is 1. The summed E-state index contributed by atoms with van der Waals surface area (Å²) in [7, 11) is -0.581. The first-order chi connectivity index (χ1) is 15.1. The normalized spacial score (nSPS) is 12.3. The SMILES string of the molecule is CCn1c(COC(=O)/C=C/c2ccc(C(C)C)cc2)nc2cc(S(=O)(=O)N(C)C)ccc21. The van der Waals surface area contributed by atoms with E-state index in [4.69, 9.17) is 4.74 Å². The van der Waals surface area contributed by atoms with E-state index in [-0.39, 0.29) is 11.5 Å². The molecular weight excluding hydrogens is 426 g/mol. The Balaban J connectivity index is 1.74. The predicted molar refractivity (Wildman–Crippen MR) is 126 cm³/mol. The molecule has 0 saturated carbocycles. The lowest BCUT2D eigenvalue weighted by Crippen LogP contribution is -2.22. The van der Waals surface area contributed by atoms with Gasteiger partial charge in [0.2, 0.25) is 10.0 Å². The summed E-state index contributed by atoms with van der Waals surface area (Å²) in [4.78, 5) is 16.9. The fourth-order valence-electron chi connectivity index (χ4n) is 3.33. The van der Waals surface area contributed by atoms with Gasteiger partial charge in [-0.2, -0.15) is 0 Å². The number of aromatic nitrogens is 2. The third-order valence-corrected chi connectivity index (χ3v) is 7.06. The van der Waals surface area contributed by atoms with Crippen LogP contribution < -0.4 is 0 Å². The van der Waals surface area contributed by atoms with E-state index in [0.717, 1.165) is 15.4 Å². The zero-order valence-corrected chi connectivity index (χ0v) is 19.9. The highest BCUT2D eigenvalue weighted by atomic mass is 32.2. The minimum atomic E-state index is -3.56. The zero-order chi connectivity index (χ0) is 23.5. The van der Waals surface area contributed by atoms with E-state index in [1.54, 1.807) is 24.3 Å². The van der Waals surface area contributed by atoms with Crippen LogP contribution in [0.4, 0.5) is 0 Å². The Hall–Kier alpha value is -2.97. The lowest BCUT2D eigenvalue weighted by atomic mass is 10.0. The van der Waals surface area contributed by atoms with Crippen molar-refractivity contribution >= 4 is 33.1 Å². The number of imidazole rings is 1. The second-order valence-electron chi connectivity index (χ2n) is 7.97. The number of aryl methyl sites for hydroxylation is 1. The van der Waals surface area contributed by atoms with Crippen molar-refractivity contribution < 1.29 is 17.9 Å². The lowest BCUT2D eigenvalue weighted by molar-refractivity contribution is -0.139. The molecule has 7 nitrogen and oxygen atoms in total. The number of sulfonamides is 1. The standard InChI is InChI=1S/C24H29N3O4S/c1-6-27-22-13-12-20(32(29,30)26(4)5)15-21(22)25-23(27)16-31-24(28)14-9-18-7-10-19(11-8-18)17(2)3/h7-15,17H,6,16H2,1-5H3/b14-9+. The van der Waals surface area contributed by atoms with Gasteiger partial charge in [0.25, 0.3) is 0 Å². The Morgan fingerprint density at radius 2 is 1.84 bits per heavy atom. The van der Waals surface area contributed by atoms with Gasteiger partial charge in [0.1, 0.15) is 12.4 Å². The second-order valence-corrected chi connectivity index (χ2v) is 10.1. The molecular formula is C24H29N3O4S. The minimum Gasteiger partial charge on any atom is -0.454 e. The number of ether oxygens (including phenoxy) is 1. The molecule has 8 heteroatoms. The van der Waals surface area contributed by atoms with Crippen LogP contribution in [0.2, 0.25) is 0 Å².